The fourth-order valence-electron chi connectivity index (χ4n) is 1.45. The van der Waals surface area contributed by atoms with Gasteiger partial charge in [-0.3, -0.25) is 0 Å². The topological polar surface area (TPSA) is 0 Å². The van der Waals surface area contributed by atoms with Crippen molar-refractivity contribution in [1.29, 1.82) is 0 Å². The van der Waals surface area contributed by atoms with E-state index in [2.05, 4.69) is 52.4 Å². The monoisotopic (exact) mass is 196 g/mol. The number of rotatable bonds is 0. The highest BCUT2D eigenvalue weighted by molar-refractivity contribution is 9.09. The minimum atomic E-state index is 0.600. The number of hydrogen-bond donors (Lipinski definition) is 0. The zero-order valence-corrected chi connectivity index (χ0v) is 7.16. The lowest BCUT2D eigenvalue weighted by Gasteiger charge is -2.11. The van der Waals surface area contributed by atoms with Crippen LogP contribution >= 0.6 is 15.9 Å². The molecule has 0 aromatic heterocycles. The first-order chi connectivity index (χ1) is 4.88. The summed E-state index contributed by atoms with van der Waals surface area (Å²) in [4.78, 5) is 0.600. The molecule has 2 bridgehead atoms. The molecule has 0 saturated heterocycles. The molecule has 1 heteroatoms. The van der Waals surface area contributed by atoms with Gasteiger partial charge in [0.1, 0.15) is 0 Å². The van der Waals surface area contributed by atoms with Gasteiger partial charge in [0.05, 0.1) is 0 Å². The van der Waals surface area contributed by atoms with Crippen LogP contribution in [0.1, 0.15) is 0 Å². The summed E-state index contributed by atoms with van der Waals surface area (Å²) in [5.41, 5.74) is 0. The molecular formula is C9H9Br. The van der Waals surface area contributed by atoms with Crippen LogP contribution in [0.4, 0.5) is 0 Å². The van der Waals surface area contributed by atoms with Crippen LogP contribution in [0.25, 0.3) is 0 Å². The number of alkyl halides is 1. The fourth-order valence-corrected chi connectivity index (χ4v) is 2.16. The normalized spacial score (nSPS) is 42.3. The molecule has 2 atom stereocenters. The first-order valence-corrected chi connectivity index (χ1v) is 4.47. The summed E-state index contributed by atoms with van der Waals surface area (Å²) >= 11 is 3.67. The maximum absolute atomic E-state index is 3.67. The van der Waals surface area contributed by atoms with Gasteiger partial charge in [0.15, 0.2) is 0 Å². The van der Waals surface area contributed by atoms with E-state index in [1.54, 1.807) is 0 Å². The lowest BCUT2D eigenvalue weighted by molar-refractivity contribution is 0.717. The highest BCUT2D eigenvalue weighted by Crippen LogP contribution is 2.33. The van der Waals surface area contributed by atoms with E-state index in [1.165, 1.54) is 0 Å². The third kappa shape index (κ3) is 0.891. The maximum atomic E-state index is 3.67. The molecule has 0 nitrogen and oxygen atoms in total. The average Bonchev–Trinajstić information content (AvgIpc) is 2.06. The quantitative estimate of drug-likeness (QED) is 0.413. The van der Waals surface area contributed by atoms with Crippen molar-refractivity contribution in [2.24, 2.45) is 11.8 Å². The highest BCUT2D eigenvalue weighted by Gasteiger charge is 2.26. The Balaban J connectivity index is 2.35. The molecule has 10 heavy (non-hydrogen) atoms. The number of halogens is 1. The molecule has 0 saturated carbocycles. The highest BCUT2D eigenvalue weighted by atomic mass is 79.9. The van der Waals surface area contributed by atoms with E-state index in [9.17, 15) is 0 Å². The standard InChI is InChI=1S/C9H9Br/c10-9-7-3-1-2-4-8(9)6-5-7/h1-9H. The Bertz CT molecular complexity index is 191. The fraction of sp³-hybridized carbons (Fsp3) is 0.333. The van der Waals surface area contributed by atoms with E-state index >= 15 is 0 Å². The van der Waals surface area contributed by atoms with Gasteiger partial charge in [0.2, 0.25) is 0 Å². The van der Waals surface area contributed by atoms with Crippen LogP contribution < -0.4 is 0 Å². The van der Waals surface area contributed by atoms with Crippen LogP contribution in [0.5, 0.6) is 0 Å². The predicted octanol–water partition coefficient (Wildman–Crippen LogP) is 2.68. The van der Waals surface area contributed by atoms with Crippen molar-refractivity contribution >= 4 is 15.9 Å². The van der Waals surface area contributed by atoms with Crippen LogP contribution in [-0.2, 0) is 0 Å². The molecule has 2 aliphatic rings. The maximum Gasteiger partial charge on any atom is 0.0340 e. The number of allylic oxidation sites excluding steroid dienone is 6. The molecule has 0 fully saturated rings. The van der Waals surface area contributed by atoms with Gasteiger partial charge in [-0.25, -0.2) is 0 Å². The first-order valence-electron chi connectivity index (χ1n) is 3.55. The molecule has 0 radical (unpaired) electrons. The van der Waals surface area contributed by atoms with Crippen molar-refractivity contribution in [3.8, 4) is 0 Å². The number of hydrogen-bond acceptors (Lipinski definition) is 0. The molecule has 2 unspecified atom stereocenters. The molecule has 0 N–H and O–H groups in total. The first kappa shape index (κ1) is 6.41. The summed E-state index contributed by atoms with van der Waals surface area (Å²) in [7, 11) is 0. The zero-order chi connectivity index (χ0) is 6.97. The van der Waals surface area contributed by atoms with Crippen molar-refractivity contribution < 1.29 is 0 Å². The second-order valence-electron chi connectivity index (χ2n) is 2.75. The predicted molar refractivity (Wildman–Crippen MR) is 47.1 cm³/mol. The van der Waals surface area contributed by atoms with Gasteiger partial charge in [0, 0.05) is 16.7 Å². The molecule has 0 amide bonds. The molecule has 0 aliphatic heterocycles. The molecule has 0 spiro atoms. The Morgan fingerprint density at radius 1 is 0.800 bits per heavy atom. The molecule has 0 heterocycles. The van der Waals surface area contributed by atoms with Crippen molar-refractivity contribution in [2.75, 3.05) is 0 Å². The van der Waals surface area contributed by atoms with Gasteiger partial charge in [-0.1, -0.05) is 52.4 Å². The molecule has 2 aliphatic carbocycles. The van der Waals surface area contributed by atoms with Crippen LogP contribution in [-0.4, -0.2) is 4.83 Å². The lowest BCUT2D eigenvalue weighted by Crippen LogP contribution is -2.10. The van der Waals surface area contributed by atoms with Gasteiger partial charge < -0.3 is 0 Å². The summed E-state index contributed by atoms with van der Waals surface area (Å²) < 4.78 is 0. The van der Waals surface area contributed by atoms with Crippen LogP contribution in [0.15, 0.2) is 36.5 Å². The Labute approximate surface area is 69.4 Å². The summed E-state index contributed by atoms with van der Waals surface area (Å²) in [6, 6.07) is 0. The van der Waals surface area contributed by atoms with Crippen LogP contribution in [0, 0.1) is 11.8 Å². The van der Waals surface area contributed by atoms with Crippen molar-refractivity contribution in [3.63, 3.8) is 0 Å². The van der Waals surface area contributed by atoms with Crippen LogP contribution in [0.2, 0.25) is 0 Å². The number of fused-ring (bicyclic) bond motifs is 2. The lowest BCUT2D eigenvalue weighted by atomic mass is 10.1. The van der Waals surface area contributed by atoms with Crippen molar-refractivity contribution in [1.82, 2.24) is 0 Å². The van der Waals surface area contributed by atoms with Crippen molar-refractivity contribution in [3.05, 3.63) is 36.5 Å². The summed E-state index contributed by atoms with van der Waals surface area (Å²) in [6.07, 6.45) is 13.3. The molecule has 2 rings (SSSR count). The summed E-state index contributed by atoms with van der Waals surface area (Å²) in [5.74, 6) is 1.22. The minimum Gasteiger partial charge on any atom is -0.0871 e. The smallest absolute Gasteiger partial charge is 0.0340 e. The van der Waals surface area contributed by atoms with E-state index in [0.717, 1.165) is 0 Å². The van der Waals surface area contributed by atoms with Gasteiger partial charge in [-0.05, 0) is 0 Å². The van der Waals surface area contributed by atoms with E-state index < -0.39 is 0 Å². The van der Waals surface area contributed by atoms with Gasteiger partial charge >= 0.3 is 0 Å². The molecule has 0 aromatic rings. The molecular weight excluding hydrogens is 188 g/mol. The van der Waals surface area contributed by atoms with Gasteiger partial charge in [-0.15, -0.1) is 0 Å². The summed E-state index contributed by atoms with van der Waals surface area (Å²) in [6.45, 7) is 0. The van der Waals surface area contributed by atoms with E-state index in [0.29, 0.717) is 16.7 Å². The Morgan fingerprint density at radius 2 is 1.30 bits per heavy atom. The Morgan fingerprint density at radius 3 is 1.80 bits per heavy atom. The third-order valence-corrected chi connectivity index (χ3v) is 3.29. The summed E-state index contributed by atoms with van der Waals surface area (Å²) in [5, 5.41) is 0. The van der Waals surface area contributed by atoms with E-state index in [4.69, 9.17) is 0 Å². The minimum absolute atomic E-state index is 0.600. The second kappa shape index (κ2) is 2.39. The van der Waals surface area contributed by atoms with Crippen molar-refractivity contribution in [2.45, 2.75) is 4.83 Å². The molecule has 0 aromatic carbocycles. The van der Waals surface area contributed by atoms with E-state index in [-0.39, 0.29) is 0 Å². The average molecular weight is 197 g/mol. The van der Waals surface area contributed by atoms with Gasteiger partial charge in [0.25, 0.3) is 0 Å². The largest absolute Gasteiger partial charge is 0.0871 e. The Kier molecular flexibility index (Phi) is 1.53. The van der Waals surface area contributed by atoms with Crippen LogP contribution in [0.3, 0.4) is 0 Å². The Hall–Kier alpha value is -0.300. The second-order valence-corrected chi connectivity index (χ2v) is 3.81. The van der Waals surface area contributed by atoms with Gasteiger partial charge in [-0.2, -0.15) is 0 Å². The zero-order valence-electron chi connectivity index (χ0n) is 5.57. The molecule has 52 valence electrons. The SMILES string of the molecule is BrC1C2C=CC=CC1C=C2. The van der Waals surface area contributed by atoms with E-state index in [1.807, 2.05) is 0 Å². The third-order valence-electron chi connectivity index (χ3n) is 2.07.